The summed E-state index contributed by atoms with van der Waals surface area (Å²) in [5.74, 6) is 0.225. The van der Waals surface area contributed by atoms with Crippen LogP contribution in [0.2, 0.25) is 0 Å². The Balaban J connectivity index is 2.34. The van der Waals surface area contributed by atoms with Crippen LogP contribution in [-0.2, 0) is 9.53 Å². The molecule has 0 aromatic rings. The quantitative estimate of drug-likeness (QED) is 0.586. The largest absolute Gasteiger partial charge is 0.461 e. The summed E-state index contributed by atoms with van der Waals surface area (Å²) in [6.07, 6.45) is 5.18. The van der Waals surface area contributed by atoms with E-state index in [1.807, 2.05) is 0 Å². The Morgan fingerprint density at radius 2 is 2.07 bits per heavy atom. The van der Waals surface area contributed by atoms with Crippen LogP contribution in [0, 0.1) is 5.92 Å². The van der Waals surface area contributed by atoms with Crippen molar-refractivity contribution in [2.75, 3.05) is 0 Å². The second-order valence-electron chi connectivity index (χ2n) is 4.63. The molecule has 15 heavy (non-hydrogen) atoms. The number of ether oxygens (including phenoxy) is 1. The summed E-state index contributed by atoms with van der Waals surface area (Å²) in [5.41, 5.74) is 0. The molecule has 1 saturated carbocycles. The summed E-state index contributed by atoms with van der Waals surface area (Å²) < 4.78 is 5.38. The van der Waals surface area contributed by atoms with Crippen LogP contribution in [0.4, 0.5) is 0 Å². The van der Waals surface area contributed by atoms with Crippen molar-refractivity contribution in [2.45, 2.75) is 58.1 Å². The van der Waals surface area contributed by atoms with E-state index in [0.29, 0.717) is 5.92 Å². The maximum Gasteiger partial charge on any atom is 0.324 e. The van der Waals surface area contributed by atoms with Gasteiger partial charge in [0.2, 0.25) is 0 Å². The first-order valence-electron chi connectivity index (χ1n) is 5.70. The number of halogens is 1. The van der Waals surface area contributed by atoms with E-state index < -0.39 is 0 Å². The first kappa shape index (κ1) is 12.8. The lowest BCUT2D eigenvalue weighted by Gasteiger charge is -2.18. The van der Waals surface area contributed by atoms with Gasteiger partial charge in [0.05, 0.1) is 0 Å². The van der Waals surface area contributed by atoms with Gasteiger partial charge in [-0.25, -0.2) is 4.84 Å². The van der Waals surface area contributed by atoms with Gasteiger partial charge in [0.25, 0.3) is 0 Å². The van der Waals surface area contributed by atoms with E-state index in [-0.39, 0.29) is 18.1 Å². The zero-order valence-corrected chi connectivity index (χ0v) is 10.2. The van der Waals surface area contributed by atoms with Crippen molar-refractivity contribution in [3.8, 4) is 0 Å². The van der Waals surface area contributed by atoms with Crippen LogP contribution in [0.5, 0.6) is 0 Å². The molecule has 0 aromatic heterocycles. The summed E-state index contributed by atoms with van der Waals surface area (Å²) in [4.78, 5) is 14.2. The van der Waals surface area contributed by atoms with E-state index in [1.165, 1.54) is 12.8 Å². The number of esters is 1. The average molecular weight is 234 g/mol. The number of hydrogen-bond acceptors (Lipinski definition) is 3. The minimum Gasteiger partial charge on any atom is -0.461 e. The van der Waals surface area contributed by atoms with E-state index in [4.69, 9.17) is 16.5 Å². The average Bonchev–Trinajstić information content (AvgIpc) is 2.66. The lowest BCUT2D eigenvalue weighted by molar-refractivity contribution is -0.151. The van der Waals surface area contributed by atoms with Crippen LogP contribution in [0.3, 0.4) is 0 Å². The van der Waals surface area contributed by atoms with E-state index in [1.54, 1.807) is 0 Å². The minimum absolute atomic E-state index is 0.122. The van der Waals surface area contributed by atoms with Gasteiger partial charge in [0, 0.05) is 0 Å². The van der Waals surface area contributed by atoms with Gasteiger partial charge >= 0.3 is 5.97 Å². The Bertz CT molecular complexity index is 203. The number of hydrogen-bond donors (Lipinski definition) is 1. The van der Waals surface area contributed by atoms with Gasteiger partial charge in [0.1, 0.15) is 12.1 Å². The molecule has 0 saturated heterocycles. The summed E-state index contributed by atoms with van der Waals surface area (Å²) in [7, 11) is 0. The standard InChI is InChI=1S/C11H20ClNO2/c1-8(2)7-10(13-12)11(14)15-9-5-3-4-6-9/h8-10,13H,3-7H2,1-2H3/t10-/m0/s1. The summed E-state index contributed by atoms with van der Waals surface area (Å²) in [6.45, 7) is 4.12. The fourth-order valence-electron chi connectivity index (χ4n) is 1.91. The molecule has 0 amide bonds. The Kier molecular flexibility index (Phi) is 5.40. The van der Waals surface area contributed by atoms with E-state index in [0.717, 1.165) is 19.3 Å². The zero-order chi connectivity index (χ0) is 11.3. The van der Waals surface area contributed by atoms with Crippen LogP contribution < -0.4 is 4.84 Å². The highest BCUT2D eigenvalue weighted by molar-refractivity contribution is 6.14. The summed E-state index contributed by atoms with van der Waals surface area (Å²) >= 11 is 5.54. The lowest BCUT2D eigenvalue weighted by atomic mass is 10.0. The monoisotopic (exact) mass is 233 g/mol. The van der Waals surface area contributed by atoms with Gasteiger partial charge in [-0.3, -0.25) is 4.79 Å². The molecule has 3 nitrogen and oxygen atoms in total. The normalized spacial score (nSPS) is 19.5. The number of rotatable bonds is 5. The third-order valence-corrected chi connectivity index (χ3v) is 2.97. The van der Waals surface area contributed by atoms with Gasteiger partial charge < -0.3 is 4.74 Å². The third-order valence-electron chi connectivity index (χ3n) is 2.71. The molecule has 1 aliphatic rings. The van der Waals surface area contributed by atoms with Gasteiger partial charge in [-0.2, -0.15) is 0 Å². The smallest absolute Gasteiger partial charge is 0.324 e. The summed E-state index contributed by atoms with van der Waals surface area (Å²) in [6, 6.07) is -0.368. The van der Waals surface area contributed by atoms with Gasteiger partial charge in [-0.05, 0) is 49.8 Å². The van der Waals surface area contributed by atoms with Gasteiger partial charge in [-0.15, -0.1) is 0 Å². The van der Waals surface area contributed by atoms with Crippen molar-refractivity contribution in [2.24, 2.45) is 5.92 Å². The van der Waals surface area contributed by atoms with Crippen molar-refractivity contribution in [1.29, 1.82) is 0 Å². The van der Waals surface area contributed by atoms with Crippen LogP contribution in [0.25, 0.3) is 0 Å². The van der Waals surface area contributed by atoms with Crippen LogP contribution in [-0.4, -0.2) is 18.1 Å². The lowest BCUT2D eigenvalue weighted by Crippen LogP contribution is -2.35. The third kappa shape index (κ3) is 4.39. The fraction of sp³-hybridized carbons (Fsp3) is 0.909. The molecule has 4 heteroatoms. The zero-order valence-electron chi connectivity index (χ0n) is 9.46. The van der Waals surface area contributed by atoms with Crippen molar-refractivity contribution >= 4 is 17.7 Å². The summed E-state index contributed by atoms with van der Waals surface area (Å²) in [5, 5.41) is 0. The number of carbonyl (C=O) groups excluding carboxylic acids is 1. The molecule has 0 spiro atoms. The first-order valence-corrected chi connectivity index (χ1v) is 6.08. The Morgan fingerprint density at radius 3 is 2.53 bits per heavy atom. The molecular formula is C11H20ClNO2. The van der Waals surface area contributed by atoms with Crippen molar-refractivity contribution in [3.05, 3.63) is 0 Å². The highest BCUT2D eigenvalue weighted by atomic mass is 35.5. The number of carbonyl (C=O) groups is 1. The molecule has 1 atom stereocenters. The van der Waals surface area contributed by atoms with E-state index in [9.17, 15) is 4.79 Å². The highest BCUT2D eigenvalue weighted by Gasteiger charge is 2.25. The molecule has 0 unspecified atom stereocenters. The second kappa shape index (κ2) is 6.33. The maximum atomic E-state index is 11.7. The van der Waals surface area contributed by atoms with Crippen LogP contribution in [0.1, 0.15) is 46.0 Å². The molecule has 1 fully saturated rings. The van der Waals surface area contributed by atoms with Crippen molar-refractivity contribution in [3.63, 3.8) is 0 Å². The fourth-order valence-corrected chi connectivity index (χ4v) is 2.09. The molecule has 1 rings (SSSR count). The predicted molar refractivity (Wildman–Crippen MR) is 60.6 cm³/mol. The molecule has 1 N–H and O–H groups in total. The maximum absolute atomic E-state index is 11.7. The Labute approximate surface area is 96.6 Å². The Hall–Kier alpha value is -0.280. The minimum atomic E-state index is -0.368. The number of nitrogens with one attached hydrogen (secondary N) is 1. The molecule has 1 aliphatic carbocycles. The van der Waals surface area contributed by atoms with Crippen molar-refractivity contribution in [1.82, 2.24) is 4.84 Å². The van der Waals surface area contributed by atoms with Crippen LogP contribution >= 0.6 is 11.8 Å². The second-order valence-corrected chi connectivity index (χ2v) is 4.85. The highest BCUT2D eigenvalue weighted by Crippen LogP contribution is 2.22. The van der Waals surface area contributed by atoms with Gasteiger partial charge in [-0.1, -0.05) is 13.8 Å². The molecular weight excluding hydrogens is 214 g/mol. The topological polar surface area (TPSA) is 38.3 Å². The van der Waals surface area contributed by atoms with E-state index >= 15 is 0 Å². The molecule has 0 radical (unpaired) electrons. The molecule has 88 valence electrons. The van der Waals surface area contributed by atoms with Crippen molar-refractivity contribution < 1.29 is 9.53 Å². The predicted octanol–water partition coefficient (Wildman–Crippen LogP) is 2.63. The van der Waals surface area contributed by atoms with Gasteiger partial charge in [0.15, 0.2) is 0 Å². The molecule has 0 heterocycles. The molecule has 0 bridgehead atoms. The molecule has 0 aliphatic heterocycles. The SMILES string of the molecule is CC(C)C[C@H](NCl)C(=O)OC1CCCC1. The first-order chi connectivity index (χ1) is 7.13. The molecule has 0 aromatic carbocycles. The Morgan fingerprint density at radius 1 is 1.47 bits per heavy atom. The van der Waals surface area contributed by atoms with Crippen LogP contribution in [0.15, 0.2) is 0 Å². The van der Waals surface area contributed by atoms with E-state index in [2.05, 4.69) is 18.7 Å².